The molecule has 194 valence electrons. The van der Waals surface area contributed by atoms with Crippen LogP contribution in [-0.2, 0) is 14.8 Å². The minimum absolute atomic E-state index is 0.000747. The predicted molar refractivity (Wildman–Crippen MR) is 143 cm³/mol. The molecule has 1 aliphatic heterocycles. The number of benzene rings is 1. The highest BCUT2D eigenvalue weighted by atomic mass is 32.2. The largest absolute Gasteiger partial charge is 0.352 e. The van der Waals surface area contributed by atoms with Crippen LogP contribution in [-0.4, -0.2) is 55.6 Å². The maximum atomic E-state index is 13.0. The fraction of sp³-hybridized carbons (Fsp3) is 0.536. The third-order valence-corrected chi connectivity index (χ3v) is 9.34. The lowest BCUT2D eigenvalue weighted by molar-refractivity contribution is -0.135. The van der Waals surface area contributed by atoms with Crippen LogP contribution in [0.5, 0.6) is 0 Å². The number of hydrogen-bond donors (Lipinski definition) is 1. The molecule has 1 aromatic heterocycles. The third kappa shape index (κ3) is 5.04. The summed E-state index contributed by atoms with van der Waals surface area (Å²) in [5.41, 5.74) is 3.75. The second-order valence-corrected chi connectivity index (χ2v) is 12.9. The van der Waals surface area contributed by atoms with Gasteiger partial charge in [0.25, 0.3) is 0 Å². The van der Waals surface area contributed by atoms with E-state index in [1.165, 1.54) is 0 Å². The van der Waals surface area contributed by atoms with E-state index in [1.54, 1.807) is 13.0 Å². The SMILES string of the molecule is CCS(=O)(=O)Nc1cccc(-c2cc(C#N)c(N3CCN(C(=O)C4CC4)[C@H](C4CC4)C3)nc2C2CC2)c1. The quantitative estimate of drug-likeness (QED) is 0.563. The summed E-state index contributed by atoms with van der Waals surface area (Å²) in [7, 11) is -3.39. The molecule has 0 bridgehead atoms. The van der Waals surface area contributed by atoms with Gasteiger partial charge < -0.3 is 9.80 Å². The van der Waals surface area contributed by atoms with Gasteiger partial charge in [-0.05, 0) is 75.1 Å². The van der Waals surface area contributed by atoms with E-state index in [1.807, 2.05) is 24.3 Å². The fourth-order valence-corrected chi connectivity index (χ4v) is 6.10. The highest BCUT2D eigenvalue weighted by Gasteiger charge is 2.45. The molecule has 2 aromatic rings. The molecule has 3 saturated carbocycles. The average Bonchev–Trinajstić information content (AvgIpc) is 3.76. The molecule has 4 aliphatic rings. The Morgan fingerprint density at radius 3 is 2.57 bits per heavy atom. The van der Waals surface area contributed by atoms with Crippen LogP contribution in [0.25, 0.3) is 11.1 Å². The van der Waals surface area contributed by atoms with E-state index in [0.717, 1.165) is 67.7 Å². The van der Waals surface area contributed by atoms with Crippen LogP contribution in [0.3, 0.4) is 0 Å². The first-order chi connectivity index (χ1) is 17.9. The zero-order valence-electron chi connectivity index (χ0n) is 21.2. The summed E-state index contributed by atoms with van der Waals surface area (Å²) in [6, 6.07) is 11.8. The summed E-state index contributed by atoms with van der Waals surface area (Å²) < 4.78 is 26.8. The van der Waals surface area contributed by atoms with Crippen molar-refractivity contribution in [3.8, 4) is 17.2 Å². The van der Waals surface area contributed by atoms with Crippen molar-refractivity contribution in [3.05, 3.63) is 41.6 Å². The molecule has 3 aliphatic carbocycles. The smallest absolute Gasteiger partial charge is 0.232 e. The summed E-state index contributed by atoms with van der Waals surface area (Å²) in [5.74, 6) is 2.15. The van der Waals surface area contributed by atoms with Crippen LogP contribution in [0, 0.1) is 23.2 Å². The van der Waals surface area contributed by atoms with Crippen LogP contribution in [0.15, 0.2) is 30.3 Å². The normalized spacial score (nSPS) is 22.0. The first kappa shape index (κ1) is 24.2. The number of nitrogens with zero attached hydrogens (tertiary/aromatic N) is 4. The first-order valence-corrected chi connectivity index (χ1v) is 15.1. The van der Waals surface area contributed by atoms with Crippen LogP contribution >= 0.6 is 0 Å². The van der Waals surface area contributed by atoms with Gasteiger partial charge in [0.1, 0.15) is 11.9 Å². The maximum Gasteiger partial charge on any atom is 0.232 e. The molecule has 0 unspecified atom stereocenters. The van der Waals surface area contributed by atoms with Gasteiger partial charge in [-0.2, -0.15) is 5.26 Å². The molecule has 1 saturated heterocycles. The number of pyridine rings is 1. The lowest BCUT2D eigenvalue weighted by atomic mass is 9.98. The Morgan fingerprint density at radius 2 is 1.92 bits per heavy atom. The molecule has 4 fully saturated rings. The number of nitriles is 1. The average molecular weight is 520 g/mol. The molecular weight excluding hydrogens is 486 g/mol. The Balaban J connectivity index is 1.33. The second kappa shape index (κ2) is 9.32. The Morgan fingerprint density at radius 1 is 1.14 bits per heavy atom. The van der Waals surface area contributed by atoms with E-state index < -0.39 is 10.0 Å². The minimum atomic E-state index is -3.39. The van der Waals surface area contributed by atoms with E-state index in [0.29, 0.717) is 42.1 Å². The molecule has 2 heterocycles. The lowest BCUT2D eigenvalue weighted by Gasteiger charge is -2.43. The van der Waals surface area contributed by atoms with Crippen LogP contribution < -0.4 is 9.62 Å². The van der Waals surface area contributed by atoms with E-state index >= 15 is 0 Å². The molecule has 1 atom stereocenters. The maximum absolute atomic E-state index is 13.0. The molecule has 0 radical (unpaired) electrons. The summed E-state index contributed by atoms with van der Waals surface area (Å²) in [6.07, 6.45) is 6.48. The Kier molecular flexibility index (Phi) is 6.10. The Hall–Kier alpha value is -3.12. The molecule has 1 aromatic carbocycles. The number of amides is 1. The molecule has 37 heavy (non-hydrogen) atoms. The minimum Gasteiger partial charge on any atom is -0.352 e. The molecule has 0 spiro atoms. The van der Waals surface area contributed by atoms with Gasteiger partial charge >= 0.3 is 0 Å². The van der Waals surface area contributed by atoms with E-state index in [2.05, 4.69) is 20.6 Å². The molecule has 1 N–H and O–H groups in total. The van der Waals surface area contributed by atoms with Crippen molar-refractivity contribution in [1.82, 2.24) is 9.88 Å². The number of carbonyl (C=O) groups is 1. The number of sulfonamides is 1. The van der Waals surface area contributed by atoms with Crippen molar-refractivity contribution < 1.29 is 13.2 Å². The molecule has 9 heteroatoms. The second-order valence-electron chi connectivity index (χ2n) is 10.9. The predicted octanol–water partition coefficient (Wildman–Crippen LogP) is 4.10. The van der Waals surface area contributed by atoms with Crippen molar-refractivity contribution in [2.75, 3.05) is 35.0 Å². The number of rotatable bonds is 8. The Bertz CT molecular complexity index is 1370. The van der Waals surface area contributed by atoms with Crippen molar-refractivity contribution >= 4 is 27.4 Å². The number of anilines is 2. The highest BCUT2D eigenvalue weighted by molar-refractivity contribution is 7.92. The third-order valence-electron chi connectivity index (χ3n) is 8.04. The van der Waals surface area contributed by atoms with Gasteiger partial charge in [0, 0.05) is 42.7 Å². The van der Waals surface area contributed by atoms with Crippen LogP contribution in [0.1, 0.15) is 62.6 Å². The number of nitrogens with one attached hydrogen (secondary N) is 1. The van der Waals surface area contributed by atoms with E-state index in [4.69, 9.17) is 4.98 Å². The van der Waals surface area contributed by atoms with Crippen molar-refractivity contribution in [2.24, 2.45) is 11.8 Å². The number of hydrogen-bond acceptors (Lipinski definition) is 6. The van der Waals surface area contributed by atoms with Gasteiger partial charge in [-0.1, -0.05) is 12.1 Å². The summed E-state index contributed by atoms with van der Waals surface area (Å²) in [6.45, 7) is 3.70. The number of aromatic nitrogens is 1. The van der Waals surface area contributed by atoms with Crippen molar-refractivity contribution in [3.63, 3.8) is 0 Å². The Labute approximate surface area is 218 Å². The first-order valence-electron chi connectivity index (χ1n) is 13.5. The van der Waals surface area contributed by atoms with Gasteiger partial charge in [-0.3, -0.25) is 9.52 Å². The number of carbonyl (C=O) groups excluding carboxylic acids is 1. The van der Waals surface area contributed by atoms with Crippen molar-refractivity contribution in [1.29, 1.82) is 5.26 Å². The molecule has 6 rings (SSSR count). The number of piperazine rings is 1. The lowest BCUT2D eigenvalue weighted by Crippen LogP contribution is -2.57. The monoisotopic (exact) mass is 519 g/mol. The zero-order valence-corrected chi connectivity index (χ0v) is 22.0. The van der Waals surface area contributed by atoms with E-state index in [9.17, 15) is 18.5 Å². The standard InChI is InChI=1S/C28H33N5O3S/c1-2-37(35,36)31-23-5-3-4-21(14-23)24-15-22(16-29)27(30-26(24)19-8-9-19)32-12-13-33(28(34)20-10-11-20)25(17-32)18-6-7-18/h3-5,14-15,18-20,25,31H,2,6-13,17H2,1H3/t25-/m0/s1. The summed E-state index contributed by atoms with van der Waals surface area (Å²) in [4.78, 5) is 22.4. The van der Waals surface area contributed by atoms with Crippen molar-refractivity contribution in [2.45, 2.75) is 57.4 Å². The summed E-state index contributed by atoms with van der Waals surface area (Å²) in [5, 5.41) is 10.1. The van der Waals surface area contributed by atoms with Crippen LogP contribution in [0.4, 0.5) is 11.5 Å². The summed E-state index contributed by atoms with van der Waals surface area (Å²) >= 11 is 0. The van der Waals surface area contributed by atoms with Gasteiger partial charge in [-0.25, -0.2) is 13.4 Å². The molecule has 8 nitrogen and oxygen atoms in total. The topological polar surface area (TPSA) is 106 Å². The van der Waals surface area contributed by atoms with Gasteiger partial charge in [0.05, 0.1) is 23.1 Å². The van der Waals surface area contributed by atoms with Gasteiger partial charge in [0.2, 0.25) is 15.9 Å². The van der Waals surface area contributed by atoms with Gasteiger partial charge in [0.15, 0.2) is 0 Å². The van der Waals surface area contributed by atoms with Gasteiger partial charge in [-0.15, -0.1) is 0 Å². The highest BCUT2D eigenvalue weighted by Crippen LogP contribution is 2.46. The molecule has 1 amide bonds. The molecular formula is C28H33N5O3S. The van der Waals surface area contributed by atoms with E-state index in [-0.39, 0.29) is 17.7 Å². The fourth-order valence-electron chi connectivity index (χ4n) is 5.47. The zero-order chi connectivity index (χ0) is 25.7. The van der Waals surface area contributed by atoms with Crippen LogP contribution in [0.2, 0.25) is 0 Å².